The van der Waals surface area contributed by atoms with Gasteiger partial charge < -0.3 is 15.0 Å². The number of ether oxygens (including phenoxy) is 1. The number of cyclic esters (lactones) is 1. The van der Waals surface area contributed by atoms with Crippen LogP contribution in [0.3, 0.4) is 0 Å². The standard InChI is InChI=1S/C16H17N3O5/c20-13(8-17-15(22)11-4-2-1-3-5-11)18-7-6-12(9-18)19-14(21)10-24-16(19)23/h1-5,12H,6-10H2,(H,17,22). The summed E-state index contributed by atoms with van der Waals surface area (Å²) in [6, 6.07) is 8.26. The molecule has 2 fully saturated rings. The first-order valence-electron chi connectivity index (χ1n) is 7.66. The lowest BCUT2D eigenvalue weighted by atomic mass is 10.2. The minimum Gasteiger partial charge on any atom is -0.439 e. The topological polar surface area (TPSA) is 96.0 Å². The van der Waals surface area contributed by atoms with Crippen molar-refractivity contribution < 1.29 is 23.9 Å². The molecule has 3 rings (SSSR count). The number of nitrogens with one attached hydrogen (secondary N) is 1. The van der Waals surface area contributed by atoms with Crippen LogP contribution in [-0.4, -0.2) is 65.9 Å². The molecular weight excluding hydrogens is 314 g/mol. The van der Waals surface area contributed by atoms with Crippen LogP contribution in [0, 0.1) is 0 Å². The molecule has 1 unspecified atom stereocenters. The quantitative estimate of drug-likeness (QED) is 0.837. The molecule has 0 bridgehead atoms. The predicted octanol–water partition coefficient (Wildman–Crippen LogP) is -0.00390. The normalized spacial score (nSPS) is 20.2. The fourth-order valence-electron chi connectivity index (χ4n) is 2.86. The first-order chi connectivity index (χ1) is 11.6. The Labute approximate surface area is 138 Å². The second-order valence-corrected chi connectivity index (χ2v) is 5.65. The number of imide groups is 1. The summed E-state index contributed by atoms with van der Waals surface area (Å²) >= 11 is 0. The number of nitrogens with zero attached hydrogens (tertiary/aromatic N) is 2. The van der Waals surface area contributed by atoms with E-state index in [1.807, 2.05) is 0 Å². The number of likely N-dealkylation sites (tertiary alicyclic amines) is 1. The molecule has 0 aromatic heterocycles. The van der Waals surface area contributed by atoms with Crippen molar-refractivity contribution in [2.75, 3.05) is 26.2 Å². The molecule has 1 aromatic carbocycles. The van der Waals surface area contributed by atoms with Gasteiger partial charge in [-0.25, -0.2) is 9.69 Å². The Morgan fingerprint density at radius 2 is 1.96 bits per heavy atom. The molecule has 0 spiro atoms. The van der Waals surface area contributed by atoms with Crippen molar-refractivity contribution in [2.24, 2.45) is 0 Å². The van der Waals surface area contributed by atoms with Crippen LogP contribution in [0.25, 0.3) is 0 Å². The first kappa shape index (κ1) is 16.0. The molecule has 0 aliphatic carbocycles. The van der Waals surface area contributed by atoms with E-state index >= 15 is 0 Å². The lowest BCUT2D eigenvalue weighted by Crippen LogP contribution is -2.44. The average molecular weight is 331 g/mol. The Morgan fingerprint density at radius 3 is 2.62 bits per heavy atom. The van der Waals surface area contributed by atoms with E-state index in [1.54, 1.807) is 30.3 Å². The van der Waals surface area contributed by atoms with Crippen molar-refractivity contribution in [3.63, 3.8) is 0 Å². The molecule has 2 aliphatic rings. The maximum absolute atomic E-state index is 12.2. The SMILES string of the molecule is O=C(NCC(=O)N1CCC(N2C(=O)COC2=O)C1)c1ccccc1. The van der Waals surface area contributed by atoms with Crippen LogP contribution in [0.2, 0.25) is 0 Å². The summed E-state index contributed by atoms with van der Waals surface area (Å²) < 4.78 is 4.69. The number of benzene rings is 1. The van der Waals surface area contributed by atoms with Crippen LogP contribution in [0.1, 0.15) is 16.8 Å². The van der Waals surface area contributed by atoms with Crippen molar-refractivity contribution in [1.29, 1.82) is 0 Å². The lowest BCUT2D eigenvalue weighted by Gasteiger charge is -2.20. The van der Waals surface area contributed by atoms with Crippen LogP contribution < -0.4 is 5.32 Å². The molecule has 8 heteroatoms. The number of hydrogen-bond donors (Lipinski definition) is 1. The largest absolute Gasteiger partial charge is 0.439 e. The highest BCUT2D eigenvalue weighted by molar-refractivity contribution is 5.98. The zero-order chi connectivity index (χ0) is 17.1. The van der Waals surface area contributed by atoms with Gasteiger partial charge in [0, 0.05) is 18.7 Å². The number of hydrogen-bond acceptors (Lipinski definition) is 5. The van der Waals surface area contributed by atoms with Crippen molar-refractivity contribution in [3.8, 4) is 0 Å². The van der Waals surface area contributed by atoms with E-state index < -0.39 is 6.09 Å². The molecule has 126 valence electrons. The molecule has 2 heterocycles. The van der Waals surface area contributed by atoms with Gasteiger partial charge in [-0.1, -0.05) is 18.2 Å². The van der Waals surface area contributed by atoms with Crippen molar-refractivity contribution in [3.05, 3.63) is 35.9 Å². The number of amides is 4. The van der Waals surface area contributed by atoms with E-state index in [4.69, 9.17) is 4.74 Å². The van der Waals surface area contributed by atoms with Gasteiger partial charge in [0.25, 0.3) is 11.8 Å². The average Bonchev–Trinajstić information content (AvgIpc) is 3.20. The monoisotopic (exact) mass is 331 g/mol. The Morgan fingerprint density at radius 1 is 1.21 bits per heavy atom. The van der Waals surface area contributed by atoms with Gasteiger partial charge in [0.05, 0.1) is 12.6 Å². The van der Waals surface area contributed by atoms with E-state index in [0.717, 1.165) is 4.90 Å². The van der Waals surface area contributed by atoms with Gasteiger partial charge >= 0.3 is 6.09 Å². The fourth-order valence-corrected chi connectivity index (χ4v) is 2.86. The lowest BCUT2D eigenvalue weighted by molar-refractivity contribution is -0.130. The molecular formula is C16H17N3O5. The zero-order valence-electron chi connectivity index (χ0n) is 12.9. The molecule has 2 saturated heterocycles. The minimum atomic E-state index is -0.656. The summed E-state index contributed by atoms with van der Waals surface area (Å²) in [6.07, 6.45) is -0.143. The van der Waals surface area contributed by atoms with Crippen LogP contribution in [0.5, 0.6) is 0 Å². The van der Waals surface area contributed by atoms with Gasteiger partial charge in [-0.2, -0.15) is 0 Å². The minimum absolute atomic E-state index is 0.126. The molecule has 1 aromatic rings. The maximum Gasteiger partial charge on any atom is 0.417 e. The molecule has 2 aliphatic heterocycles. The van der Waals surface area contributed by atoms with Crippen LogP contribution in [0.4, 0.5) is 4.79 Å². The van der Waals surface area contributed by atoms with Gasteiger partial charge in [0.2, 0.25) is 5.91 Å². The summed E-state index contributed by atoms with van der Waals surface area (Å²) in [5.74, 6) is -0.948. The Balaban J connectivity index is 1.51. The highest BCUT2D eigenvalue weighted by Gasteiger charge is 2.41. The Kier molecular flexibility index (Phi) is 4.45. The molecule has 24 heavy (non-hydrogen) atoms. The van der Waals surface area contributed by atoms with Crippen LogP contribution in [0.15, 0.2) is 30.3 Å². The van der Waals surface area contributed by atoms with E-state index in [2.05, 4.69) is 5.32 Å². The second kappa shape index (κ2) is 6.69. The summed E-state index contributed by atoms with van der Waals surface area (Å²) in [5.41, 5.74) is 0.481. The smallest absolute Gasteiger partial charge is 0.417 e. The summed E-state index contributed by atoms with van der Waals surface area (Å²) in [6.45, 7) is 0.331. The van der Waals surface area contributed by atoms with Gasteiger partial charge in [-0.15, -0.1) is 0 Å². The molecule has 4 amide bonds. The molecule has 1 N–H and O–H groups in total. The van der Waals surface area contributed by atoms with E-state index in [0.29, 0.717) is 18.5 Å². The van der Waals surface area contributed by atoms with E-state index in [9.17, 15) is 19.2 Å². The molecule has 0 saturated carbocycles. The molecule has 8 nitrogen and oxygen atoms in total. The Hall–Kier alpha value is -2.90. The zero-order valence-corrected chi connectivity index (χ0v) is 12.9. The first-order valence-corrected chi connectivity index (χ1v) is 7.66. The third-order valence-electron chi connectivity index (χ3n) is 4.10. The third-order valence-corrected chi connectivity index (χ3v) is 4.10. The summed E-state index contributed by atoms with van der Waals surface area (Å²) in [4.78, 5) is 49.9. The second-order valence-electron chi connectivity index (χ2n) is 5.65. The summed E-state index contributed by atoms with van der Waals surface area (Å²) in [5, 5.41) is 2.58. The van der Waals surface area contributed by atoms with Crippen LogP contribution >= 0.6 is 0 Å². The van der Waals surface area contributed by atoms with Gasteiger partial charge in [0.15, 0.2) is 6.61 Å². The highest BCUT2D eigenvalue weighted by atomic mass is 16.6. The highest BCUT2D eigenvalue weighted by Crippen LogP contribution is 2.20. The van der Waals surface area contributed by atoms with Crippen molar-refractivity contribution in [2.45, 2.75) is 12.5 Å². The van der Waals surface area contributed by atoms with Crippen LogP contribution in [-0.2, 0) is 14.3 Å². The molecule has 0 radical (unpaired) electrons. The third kappa shape index (κ3) is 3.22. The van der Waals surface area contributed by atoms with Crippen molar-refractivity contribution >= 4 is 23.8 Å². The van der Waals surface area contributed by atoms with E-state index in [1.165, 1.54) is 4.90 Å². The molecule has 1 atom stereocenters. The Bertz CT molecular complexity index is 660. The fraction of sp³-hybridized carbons (Fsp3) is 0.375. The number of rotatable bonds is 4. The van der Waals surface area contributed by atoms with Gasteiger partial charge in [-0.3, -0.25) is 14.4 Å². The maximum atomic E-state index is 12.2. The number of carbonyl (C=O) groups is 4. The van der Waals surface area contributed by atoms with Crippen molar-refractivity contribution in [1.82, 2.24) is 15.1 Å². The number of carbonyl (C=O) groups excluding carboxylic acids is 4. The summed E-state index contributed by atoms with van der Waals surface area (Å²) in [7, 11) is 0. The van der Waals surface area contributed by atoms with Gasteiger partial charge in [-0.05, 0) is 18.6 Å². The van der Waals surface area contributed by atoms with E-state index in [-0.39, 0.29) is 43.5 Å². The predicted molar refractivity (Wildman–Crippen MR) is 82.0 cm³/mol. The van der Waals surface area contributed by atoms with Gasteiger partial charge in [0.1, 0.15) is 0 Å².